The van der Waals surface area contributed by atoms with Crippen LogP contribution in [0.25, 0.3) is 6.08 Å². The van der Waals surface area contributed by atoms with E-state index in [2.05, 4.69) is 15.2 Å². The fourth-order valence-electron chi connectivity index (χ4n) is 3.36. The zero-order valence-corrected chi connectivity index (χ0v) is 16.6. The van der Waals surface area contributed by atoms with Crippen molar-refractivity contribution in [2.75, 3.05) is 0 Å². The maximum atomic E-state index is 13.2. The van der Waals surface area contributed by atoms with E-state index in [4.69, 9.17) is 0 Å². The lowest BCUT2D eigenvalue weighted by Crippen LogP contribution is -2.40. The molecule has 4 rings (SSSR count). The molecule has 1 aliphatic carbocycles. The lowest BCUT2D eigenvalue weighted by atomic mass is 9.94. The first-order valence-corrected chi connectivity index (χ1v) is 10.6. The first-order valence-electron chi connectivity index (χ1n) is 9.01. The number of amides is 1. The number of rotatable bonds is 3. The molecule has 6 nitrogen and oxygen atoms in total. The minimum Gasteiger partial charge on any atom is -0.508 e. The Balaban J connectivity index is 1.68. The Bertz CT molecular complexity index is 899. The van der Waals surface area contributed by atoms with Crippen LogP contribution in [-0.4, -0.2) is 37.3 Å². The lowest BCUT2D eigenvalue weighted by molar-refractivity contribution is -0.124. The highest BCUT2D eigenvalue weighted by Crippen LogP contribution is 2.38. The van der Waals surface area contributed by atoms with E-state index in [0.29, 0.717) is 15.2 Å². The number of thioether (sulfide) groups is 1. The van der Waals surface area contributed by atoms with Crippen molar-refractivity contribution in [3.63, 3.8) is 0 Å². The van der Waals surface area contributed by atoms with E-state index in [0.717, 1.165) is 36.3 Å². The summed E-state index contributed by atoms with van der Waals surface area (Å²) in [7, 11) is 0. The van der Waals surface area contributed by atoms with Crippen molar-refractivity contribution in [1.29, 1.82) is 0 Å². The van der Waals surface area contributed by atoms with Gasteiger partial charge in [-0.2, -0.15) is 4.99 Å². The summed E-state index contributed by atoms with van der Waals surface area (Å²) in [6.45, 7) is 1.89. The summed E-state index contributed by atoms with van der Waals surface area (Å²) in [6.07, 6.45) is 7.38. The van der Waals surface area contributed by atoms with Crippen LogP contribution in [0.15, 0.2) is 34.2 Å². The zero-order chi connectivity index (χ0) is 18.8. The molecule has 0 spiro atoms. The number of carbonyl (C=O) groups is 1. The van der Waals surface area contributed by atoms with Gasteiger partial charge in [-0.15, -0.1) is 10.2 Å². The maximum absolute atomic E-state index is 13.2. The molecule has 0 atom stereocenters. The van der Waals surface area contributed by atoms with Crippen molar-refractivity contribution in [3.05, 3.63) is 39.7 Å². The Morgan fingerprint density at radius 3 is 2.59 bits per heavy atom. The molecule has 2 aromatic rings. The van der Waals surface area contributed by atoms with Crippen molar-refractivity contribution in [2.45, 2.75) is 45.1 Å². The minimum absolute atomic E-state index is 0.0000350. The molecule has 2 fully saturated rings. The van der Waals surface area contributed by atoms with Crippen LogP contribution in [0.4, 0.5) is 5.13 Å². The van der Waals surface area contributed by atoms with Gasteiger partial charge >= 0.3 is 0 Å². The fraction of sp³-hybridized carbons (Fsp3) is 0.368. The number of aromatic hydroxyl groups is 1. The van der Waals surface area contributed by atoms with E-state index >= 15 is 0 Å². The average molecular weight is 401 g/mol. The normalized spacial score (nSPS) is 21.5. The zero-order valence-electron chi connectivity index (χ0n) is 15.0. The highest BCUT2D eigenvalue weighted by atomic mass is 32.2. The third-order valence-electron chi connectivity index (χ3n) is 4.67. The summed E-state index contributed by atoms with van der Waals surface area (Å²) in [5.74, 6) is 0.209. The predicted molar refractivity (Wildman–Crippen MR) is 109 cm³/mol. The van der Waals surface area contributed by atoms with Crippen molar-refractivity contribution in [3.8, 4) is 5.75 Å². The van der Waals surface area contributed by atoms with Crippen LogP contribution < -0.4 is 0 Å². The molecule has 2 aliphatic rings. The van der Waals surface area contributed by atoms with Gasteiger partial charge in [0.25, 0.3) is 5.91 Å². The number of carbonyl (C=O) groups excluding carboxylic acids is 1. The van der Waals surface area contributed by atoms with Crippen LogP contribution in [0.5, 0.6) is 5.75 Å². The fourth-order valence-corrected chi connectivity index (χ4v) is 5.02. The van der Waals surface area contributed by atoms with E-state index in [1.54, 1.807) is 24.3 Å². The molecule has 1 amide bonds. The molecule has 0 radical (unpaired) electrons. The highest BCUT2D eigenvalue weighted by molar-refractivity contribution is 8.18. The maximum Gasteiger partial charge on any atom is 0.267 e. The van der Waals surface area contributed by atoms with E-state index in [1.165, 1.54) is 29.5 Å². The Morgan fingerprint density at radius 1 is 1.19 bits per heavy atom. The van der Waals surface area contributed by atoms with Gasteiger partial charge in [-0.3, -0.25) is 9.69 Å². The Kier molecular flexibility index (Phi) is 5.27. The van der Waals surface area contributed by atoms with Gasteiger partial charge < -0.3 is 5.11 Å². The summed E-state index contributed by atoms with van der Waals surface area (Å²) < 4.78 is 0. The summed E-state index contributed by atoms with van der Waals surface area (Å²) in [5.41, 5.74) is 0.875. The first kappa shape index (κ1) is 18.2. The standard InChI is InChI=1S/C19H20N4O2S2/c1-12-21-22-18(26-12)20-19-23(14-5-3-2-4-6-14)17(25)16(27-19)11-13-7-9-15(24)10-8-13/h7-11,14,24H,2-6H2,1H3/b16-11-,20-19+. The number of phenols is 1. The molecular weight excluding hydrogens is 380 g/mol. The second-order valence-corrected chi connectivity index (χ2v) is 8.84. The summed E-state index contributed by atoms with van der Waals surface area (Å²) in [5, 5.41) is 19.7. The number of aryl methyl sites for hydroxylation is 1. The molecule has 140 valence electrons. The third-order valence-corrected chi connectivity index (χ3v) is 6.39. The summed E-state index contributed by atoms with van der Waals surface area (Å²) in [6, 6.07) is 7.02. The second kappa shape index (κ2) is 7.82. The number of hydrogen-bond acceptors (Lipinski definition) is 7. The van der Waals surface area contributed by atoms with Gasteiger partial charge in [0.2, 0.25) is 5.13 Å². The molecule has 1 N–H and O–H groups in total. The molecular formula is C19H20N4O2S2. The Morgan fingerprint density at radius 2 is 1.93 bits per heavy atom. The van der Waals surface area contributed by atoms with Crippen LogP contribution >= 0.6 is 23.1 Å². The predicted octanol–water partition coefficient (Wildman–Crippen LogP) is 4.49. The largest absolute Gasteiger partial charge is 0.508 e. The van der Waals surface area contributed by atoms with E-state index in [1.807, 2.05) is 17.9 Å². The van der Waals surface area contributed by atoms with Crippen LogP contribution in [0.1, 0.15) is 42.7 Å². The average Bonchev–Trinajstić information content (AvgIpc) is 3.21. The van der Waals surface area contributed by atoms with Crippen LogP contribution in [-0.2, 0) is 4.79 Å². The number of aromatic nitrogens is 2. The SMILES string of the molecule is Cc1nnc(/N=C2/S/C(=C\c3ccc(O)cc3)C(=O)N2C2CCCCC2)s1. The molecule has 1 saturated heterocycles. The Hall–Kier alpha value is -2.19. The molecule has 1 saturated carbocycles. The number of nitrogens with zero attached hydrogens (tertiary/aromatic N) is 4. The molecule has 2 heterocycles. The van der Waals surface area contributed by atoms with Gasteiger partial charge in [-0.05, 0) is 55.3 Å². The van der Waals surface area contributed by atoms with Gasteiger partial charge in [0.1, 0.15) is 10.8 Å². The van der Waals surface area contributed by atoms with Gasteiger partial charge in [0.05, 0.1) is 4.91 Å². The van der Waals surface area contributed by atoms with Gasteiger partial charge in [0, 0.05) is 6.04 Å². The van der Waals surface area contributed by atoms with E-state index in [9.17, 15) is 9.90 Å². The van der Waals surface area contributed by atoms with Gasteiger partial charge in [0.15, 0.2) is 5.17 Å². The second-order valence-electron chi connectivity index (χ2n) is 6.67. The van der Waals surface area contributed by atoms with E-state index in [-0.39, 0.29) is 17.7 Å². The quantitative estimate of drug-likeness (QED) is 0.768. The molecule has 0 bridgehead atoms. The number of benzene rings is 1. The van der Waals surface area contributed by atoms with Gasteiger partial charge in [-0.25, -0.2) is 0 Å². The number of amidine groups is 1. The summed E-state index contributed by atoms with van der Waals surface area (Å²) >= 11 is 2.81. The smallest absolute Gasteiger partial charge is 0.267 e. The lowest BCUT2D eigenvalue weighted by Gasteiger charge is -2.30. The van der Waals surface area contributed by atoms with Crippen molar-refractivity contribution >= 4 is 45.4 Å². The molecule has 1 aromatic carbocycles. The summed E-state index contributed by atoms with van der Waals surface area (Å²) in [4.78, 5) is 20.3. The van der Waals surface area contributed by atoms with Crippen molar-refractivity contribution < 1.29 is 9.90 Å². The molecule has 1 aliphatic heterocycles. The van der Waals surface area contributed by atoms with Crippen LogP contribution in [0, 0.1) is 6.92 Å². The van der Waals surface area contributed by atoms with Crippen molar-refractivity contribution in [1.82, 2.24) is 15.1 Å². The highest BCUT2D eigenvalue weighted by Gasteiger charge is 2.38. The number of phenolic OH excluding ortho intramolecular Hbond substituents is 1. The first-order chi connectivity index (χ1) is 13.1. The number of hydrogen-bond donors (Lipinski definition) is 1. The number of aliphatic imine (C=N–C) groups is 1. The van der Waals surface area contributed by atoms with Crippen LogP contribution in [0.2, 0.25) is 0 Å². The van der Waals surface area contributed by atoms with Gasteiger partial charge in [-0.1, -0.05) is 42.7 Å². The molecule has 1 aromatic heterocycles. The minimum atomic E-state index is -0.0000350. The van der Waals surface area contributed by atoms with Crippen LogP contribution in [0.3, 0.4) is 0 Å². The monoisotopic (exact) mass is 400 g/mol. The van der Waals surface area contributed by atoms with Crippen molar-refractivity contribution in [2.24, 2.45) is 4.99 Å². The van der Waals surface area contributed by atoms with E-state index < -0.39 is 0 Å². The molecule has 0 unspecified atom stereocenters. The Labute approximate surface area is 166 Å². The topological polar surface area (TPSA) is 78.7 Å². The molecule has 27 heavy (non-hydrogen) atoms. The third kappa shape index (κ3) is 4.06. The molecule has 8 heteroatoms.